The van der Waals surface area contributed by atoms with Crippen molar-refractivity contribution in [2.75, 3.05) is 5.32 Å². The van der Waals surface area contributed by atoms with Gasteiger partial charge in [-0.3, -0.25) is 14.6 Å². The van der Waals surface area contributed by atoms with Gasteiger partial charge in [-0.25, -0.2) is 4.68 Å². The summed E-state index contributed by atoms with van der Waals surface area (Å²) in [6, 6.07) is 17.4. The Morgan fingerprint density at radius 3 is 2.44 bits per heavy atom. The lowest BCUT2D eigenvalue weighted by molar-refractivity contribution is -0.0494. The monoisotopic (exact) mass is 483 g/mol. The minimum absolute atomic E-state index is 0.0367. The van der Waals surface area contributed by atoms with Gasteiger partial charge >= 0.3 is 6.61 Å². The van der Waals surface area contributed by atoms with Gasteiger partial charge in [0.05, 0.1) is 22.0 Å². The minimum Gasteiger partial charge on any atom is -0.434 e. The van der Waals surface area contributed by atoms with Gasteiger partial charge in [-0.15, -0.1) is 0 Å². The zero-order valence-corrected chi connectivity index (χ0v) is 18.0. The SMILES string of the molecule is NC(=O)c1cc(NC(=O)c2cc(-c3ccccn3)c(OC(F)F)cc2Cl)n(-c2ccccc2)n1. The molecule has 4 rings (SSSR count). The van der Waals surface area contributed by atoms with Crippen molar-refractivity contribution in [1.82, 2.24) is 14.8 Å². The van der Waals surface area contributed by atoms with Gasteiger partial charge in [0.2, 0.25) is 0 Å². The number of alkyl halides is 2. The molecule has 0 spiro atoms. The fraction of sp³-hybridized carbons (Fsp3) is 0.0435. The van der Waals surface area contributed by atoms with E-state index in [0.717, 1.165) is 6.07 Å². The first-order valence-electron chi connectivity index (χ1n) is 9.80. The lowest BCUT2D eigenvalue weighted by Crippen LogP contribution is -2.16. The van der Waals surface area contributed by atoms with Crippen molar-refractivity contribution in [3.8, 4) is 22.7 Å². The average Bonchev–Trinajstić information content (AvgIpc) is 3.24. The predicted molar refractivity (Wildman–Crippen MR) is 121 cm³/mol. The van der Waals surface area contributed by atoms with Crippen molar-refractivity contribution in [3.63, 3.8) is 0 Å². The van der Waals surface area contributed by atoms with Gasteiger partial charge < -0.3 is 15.8 Å². The number of benzene rings is 2. The van der Waals surface area contributed by atoms with E-state index in [1.807, 2.05) is 0 Å². The molecule has 0 saturated heterocycles. The van der Waals surface area contributed by atoms with E-state index >= 15 is 0 Å². The molecule has 0 aliphatic rings. The third-order valence-corrected chi connectivity index (χ3v) is 4.99. The highest BCUT2D eigenvalue weighted by Gasteiger charge is 2.22. The number of primary amides is 1. The zero-order chi connectivity index (χ0) is 24.2. The summed E-state index contributed by atoms with van der Waals surface area (Å²) < 4.78 is 31.8. The van der Waals surface area contributed by atoms with Gasteiger partial charge in [-0.1, -0.05) is 35.9 Å². The second-order valence-corrected chi connectivity index (χ2v) is 7.31. The van der Waals surface area contributed by atoms with E-state index < -0.39 is 18.4 Å². The Hall–Kier alpha value is -4.31. The number of carbonyl (C=O) groups excluding carboxylic acids is 2. The summed E-state index contributed by atoms with van der Waals surface area (Å²) in [5.74, 6) is -1.55. The van der Waals surface area contributed by atoms with Crippen LogP contribution in [-0.4, -0.2) is 33.2 Å². The molecule has 11 heteroatoms. The maximum atomic E-state index is 13.2. The van der Waals surface area contributed by atoms with E-state index in [0.29, 0.717) is 11.4 Å². The van der Waals surface area contributed by atoms with Crippen molar-refractivity contribution in [2.24, 2.45) is 5.73 Å². The second kappa shape index (κ2) is 9.67. The van der Waals surface area contributed by atoms with Gasteiger partial charge in [0.25, 0.3) is 11.8 Å². The minimum atomic E-state index is -3.11. The largest absolute Gasteiger partial charge is 0.434 e. The van der Waals surface area contributed by atoms with E-state index in [1.165, 1.54) is 23.0 Å². The number of aromatic nitrogens is 3. The van der Waals surface area contributed by atoms with Crippen molar-refractivity contribution < 1.29 is 23.1 Å². The molecule has 172 valence electrons. The first kappa shape index (κ1) is 22.9. The van der Waals surface area contributed by atoms with E-state index in [2.05, 4.69) is 20.1 Å². The molecule has 2 heterocycles. The number of pyridine rings is 1. The molecule has 2 aromatic carbocycles. The van der Waals surface area contributed by atoms with Crippen molar-refractivity contribution in [3.05, 3.63) is 89.2 Å². The number of nitrogens with zero attached hydrogens (tertiary/aromatic N) is 3. The van der Waals surface area contributed by atoms with Crippen LogP contribution in [0.15, 0.2) is 72.9 Å². The summed E-state index contributed by atoms with van der Waals surface area (Å²) in [7, 11) is 0. The quantitative estimate of drug-likeness (QED) is 0.401. The molecule has 2 aromatic heterocycles. The summed E-state index contributed by atoms with van der Waals surface area (Å²) in [5.41, 5.74) is 6.25. The van der Waals surface area contributed by atoms with Gasteiger partial charge in [-0.2, -0.15) is 13.9 Å². The Balaban J connectivity index is 1.75. The predicted octanol–water partition coefficient (Wildman–Crippen LogP) is 4.54. The number of anilines is 1. The van der Waals surface area contributed by atoms with Crippen LogP contribution in [0, 0.1) is 0 Å². The molecule has 0 aliphatic carbocycles. The van der Waals surface area contributed by atoms with Crippen LogP contribution in [0.1, 0.15) is 20.8 Å². The second-order valence-electron chi connectivity index (χ2n) is 6.90. The van der Waals surface area contributed by atoms with Crippen LogP contribution >= 0.6 is 11.6 Å². The first-order chi connectivity index (χ1) is 16.3. The maximum Gasteiger partial charge on any atom is 0.387 e. The number of hydrogen-bond donors (Lipinski definition) is 2. The number of halogens is 3. The molecule has 0 unspecified atom stereocenters. The lowest BCUT2D eigenvalue weighted by Gasteiger charge is -2.14. The first-order valence-corrected chi connectivity index (χ1v) is 10.2. The van der Waals surface area contributed by atoms with Crippen molar-refractivity contribution in [2.45, 2.75) is 6.61 Å². The van der Waals surface area contributed by atoms with E-state index in [1.54, 1.807) is 48.5 Å². The molecule has 4 aromatic rings. The Bertz CT molecular complexity index is 1350. The highest BCUT2D eigenvalue weighted by Crippen LogP contribution is 2.35. The highest BCUT2D eigenvalue weighted by molar-refractivity contribution is 6.34. The molecule has 34 heavy (non-hydrogen) atoms. The molecule has 0 saturated carbocycles. The standard InChI is InChI=1S/C23H16ClF2N5O3/c24-16-11-19(34-23(25)26)15(17-8-4-5-9-28-17)10-14(16)22(33)29-20-12-18(21(27)32)30-31(20)13-6-2-1-3-7-13/h1-12,23H,(H2,27,32)(H,29,33). The zero-order valence-electron chi connectivity index (χ0n) is 17.3. The van der Waals surface area contributed by atoms with Crippen LogP contribution in [-0.2, 0) is 0 Å². The average molecular weight is 484 g/mol. The van der Waals surface area contributed by atoms with Crippen LogP contribution in [0.4, 0.5) is 14.6 Å². The van der Waals surface area contributed by atoms with Gasteiger partial charge in [0, 0.05) is 23.9 Å². The van der Waals surface area contributed by atoms with Crippen LogP contribution in [0.25, 0.3) is 16.9 Å². The number of nitrogens with two attached hydrogens (primary N) is 1. The maximum absolute atomic E-state index is 13.2. The molecule has 0 radical (unpaired) electrons. The van der Waals surface area contributed by atoms with E-state index in [4.69, 9.17) is 17.3 Å². The summed E-state index contributed by atoms with van der Waals surface area (Å²) in [5, 5.41) is 6.65. The molecule has 0 atom stereocenters. The number of amides is 2. The summed E-state index contributed by atoms with van der Waals surface area (Å²) in [6.07, 6.45) is 1.47. The number of ether oxygens (including phenoxy) is 1. The Morgan fingerprint density at radius 2 is 1.79 bits per heavy atom. The topological polar surface area (TPSA) is 112 Å². The number of nitrogens with one attached hydrogen (secondary N) is 1. The van der Waals surface area contributed by atoms with E-state index in [9.17, 15) is 18.4 Å². The Kier molecular flexibility index (Phi) is 6.51. The van der Waals surface area contributed by atoms with Crippen molar-refractivity contribution >= 4 is 29.2 Å². The molecule has 0 bridgehead atoms. The van der Waals surface area contributed by atoms with Gasteiger partial charge in [0.15, 0.2) is 5.69 Å². The molecule has 8 nitrogen and oxygen atoms in total. The summed E-state index contributed by atoms with van der Waals surface area (Å²) >= 11 is 6.24. The van der Waals surface area contributed by atoms with Gasteiger partial charge in [-0.05, 0) is 30.3 Å². The lowest BCUT2D eigenvalue weighted by atomic mass is 10.1. The summed E-state index contributed by atoms with van der Waals surface area (Å²) in [4.78, 5) is 29.0. The molecule has 3 N–H and O–H groups in total. The summed E-state index contributed by atoms with van der Waals surface area (Å²) in [6.45, 7) is -3.11. The Labute approximate surface area is 196 Å². The van der Waals surface area contributed by atoms with Crippen LogP contribution in [0.2, 0.25) is 5.02 Å². The molecular weight excluding hydrogens is 468 g/mol. The fourth-order valence-electron chi connectivity index (χ4n) is 3.18. The molecular formula is C23H16ClF2N5O3. The fourth-order valence-corrected chi connectivity index (χ4v) is 3.42. The highest BCUT2D eigenvalue weighted by atomic mass is 35.5. The molecule has 0 fully saturated rings. The normalized spacial score (nSPS) is 10.8. The van der Waals surface area contributed by atoms with Crippen LogP contribution < -0.4 is 15.8 Å². The smallest absolute Gasteiger partial charge is 0.387 e. The third kappa shape index (κ3) is 4.86. The van der Waals surface area contributed by atoms with Crippen LogP contribution in [0.3, 0.4) is 0 Å². The van der Waals surface area contributed by atoms with Crippen LogP contribution in [0.5, 0.6) is 5.75 Å². The van der Waals surface area contributed by atoms with Gasteiger partial charge in [0.1, 0.15) is 11.6 Å². The molecule has 2 amide bonds. The number of carbonyl (C=O) groups is 2. The third-order valence-electron chi connectivity index (χ3n) is 4.67. The number of para-hydroxylation sites is 1. The van der Waals surface area contributed by atoms with E-state index in [-0.39, 0.29) is 33.4 Å². The number of rotatable bonds is 7. The Morgan fingerprint density at radius 1 is 1.06 bits per heavy atom. The molecule has 0 aliphatic heterocycles. The number of hydrogen-bond acceptors (Lipinski definition) is 5. The van der Waals surface area contributed by atoms with Crippen molar-refractivity contribution in [1.29, 1.82) is 0 Å².